The zero-order valence-electron chi connectivity index (χ0n) is 30.5. The summed E-state index contributed by atoms with van der Waals surface area (Å²) in [7, 11) is 0. The molecule has 0 bridgehead atoms. The van der Waals surface area contributed by atoms with E-state index in [2.05, 4.69) is 135 Å². The minimum Gasteiger partial charge on any atom is -0.337 e. The maximum Gasteiger partial charge on any atom is 0.198 e. The summed E-state index contributed by atoms with van der Waals surface area (Å²) in [5.74, 6) is 2.11. The van der Waals surface area contributed by atoms with Crippen molar-refractivity contribution in [2.24, 2.45) is 20.0 Å². The summed E-state index contributed by atoms with van der Waals surface area (Å²) in [5.41, 5.74) is 8.81. The van der Waals surface area contributed by atoms with Gasteiger partial charge >= 0.3 is 0 Å². The summed E-state index contributed by atoms with van der Waals surface area (Å²) in [5, 5.41) is 7.07. The number of hydrogen-bond acceptors (Lipinski definition) is 4. The first-order valence-corrected chi connectivity index (χ1v) is 18.8. The molecule has 5 rings (SSSR count). The van der Waals surface area contributed by atoms with Crippen molar-refractivity contribution in [3.05, 3.63) is 119 Å². The Morgan fingerprint density at radius 2 is 0.680 bits per heavy atom. The molecule has 0 aromatic heterocycles. The fourth-order valence-corrected chi connectivity index (χ4v) is 5.77. The first-order valence-electron chi connectivity index (χ1n) is 18.8. The van der Waals surface area contributed by atoms with Gasteiger partial charge in [0.15, 0.2) is 23.3 Å². The van der Waals surface area contributed by atoms with Crippen LogP contribution in [0.2, 0.25) is 0 Å². The Bertz CT molecular complexity index is 1610. The molecule has 0 saturated carbocycles. The molecule has 0 atom stereocenters. The number of benzene rings is 4. The lowest BCUT2D eigenvalue weighted by molar-refractivity contribution is 0.795. The van der Waals surface area contributed by atoms with Crippen LogP contribution in [0.3, 0.4) is 0 Å². The summed E-state index contributed by atoms with van der Waals surface area (Å²) >= 11 is 0. The van der Waals surface area contributed by atoms with Crippen molar-refractivity contribution in [1.82, 2.24) is 0 Å². The summed E-state index contributed by atoms with van der Waals surface area (Å²) in [6, 6.07) is 34.1. The second-order valence-corrected chi connectivity index (χ2v) is 13.2. The normalized spacial score (nSPS) is 14.5. The lowest BCUT2D eigenvalue weighted by atomic mass is 10.1. The number of aryl methyl sites for hydroxylation is 4. The van der Waals surface area contributed by atoms with Crippen LogP contribution in [-0.2, 0) is 25.7 Å². The Balaban J connectivity index is 1.53. The van der Waals surface area contributed by atoms with Crippen LogP contribution in [0.25, 0.3) is 0 Å². The third-order valence-electron chi connectivity index (χ3n) is 8.91. The van der Waals surface area contributed by atoms with Gasteiger partial charge in [0.1, 0.15) is 0 Å². The van der Waals surface area contributed by atoms with Gasteiger partial charge in [0, 0.05) is 11.4 Å². The topological polar surface area (TPSA) is 73.5 Å². The minimum atomic E-state index is 0.497. The molecular weight excluding hydrogens is 613 g/mol. The van der Waals surface area contributed by atoms with Crippen LogP contribution in [0.5, 0.6) is 0 Å². The molecule has 6 nitrogen and oxygen atoms in total. The average Bonchev–Trinajstić information content (AvgIpc) is 3.15. The second-order valence-electron chi connectivity index (χ2n) is 13.2. The van der Waals surface area contributed by atoms with E-state index in [-0.39, 0.29) is 0 Å². The van der Waals surface area contributed by atoms with Crippen molar-refractivity contribution in [2.75, 3.05) is 10.6 Å². The lowest BCUT2D eigenvalue weighted by Crippen LogP contribution is -2.35. The molecule has 0 unspecified atom stereocenters. The molecule has 2 N–H and O–H groups in total. The van der Waals surface area contributed by atoms with Crippen molar-refractivity contribution >= 4 is 46.1 Å². The molecule has 0 spiro atoms. The highest BCUT2D eigenvalue weighted by molar-refractivity contribution is 6.59. The van der Waals surface area contributed by atoms with Gasteiger partial charge in [0.25, 0.3) is 0 Å². The van der Waals surface area contributed by atoms with E-state index in [1.165, 1.54) is 73.6 Å². The molecule has 1 aliphatic heterocycles. The van der Waals surface area contributed by atoms with Gasteiger partial charge in [-0.25, -0.2) is 20.0 Å². The van der Waals surface area contributed by atoms with Crippen LogP contribution in [-0.4, -0.2) is 23.3 Å². The minimum absolute atomic E-state index is 0.497. The SMILES string of the molecule is CCCCc1ccc(N=C2N=C(Nc3ccc(CCCC)cc3)C(=Nc3ccc(CCCC)cc3)N=C2Nc2ccc(CCCC)cc2)cc1. The van der Waals surface area contributed by atoms with Crippen molar-refractivity contribution < 1.29 is 0 Å². The molecule has 6 heteroatoms. The number of hydrogen-bond donors (Lipinski definition) is 2. The van der Waals surface area contributed by atoms with Gasteiger partial charge in [0.2, 0.25) is 0 Å². The zero-order chi connectivity index (χ0) is 35.0. The Hall–Kier alpha value is -4.84. The Morgan fingerprint density at radius 3 is 0.960 bits per heavy atom. The summed E-state index contributed by atoms with van der Waals surface area (Å²) in [6.45, 7) is 8.90. The van der Waals surface area contributed by atoms with Crippen LogP contribution in [0.15, 0.2) is 117 Å². The molecule has 4 aromatic carbocycles. The van der Waals surface area contributed by atoms with Crippen LogP contribution in [0.4, 0.5) is 22.7 Å². The summed E-state index contributed by atoms with van der Waals surface area (Å²) in [6.07, 6.45) is 13.7. The van der Waals surface area contributed by atoms with Gasteiger partial charge < -0.3 is 10.6 Å². The van der Waals surface area contributed by atoms with Crippen molar-refractivity contribution in [2.45, 2.75) is 105 Å². The Kier molecular flexibility index (Phi) is 14.1. The molecule has 4 aromatic rings. The highest BCUT2D eigenvalue weighted by atomic mass is 15.2. The maximum atomic E-state index is 5.12. The number of unbranched alkanes of at least 4 members (excludes halogenated alkanes) is 4. The smallest absolute Gasteiger partial charge is 0.198 e. The quantitative estimate of drug-likeness (QED) is 0.125. The van der Waals surface area contributed by atoms with Gasteiger partial charge in [-0.15, -0.1) is 0 Å². The van der Waals surface area contributed by atoms with Gasteiger partial charge in [-0.2, -0.15) is 0 Å². The fourth-order valence-electron chi connectivity index (χ4n) is 5.77. The average molecular weight is 667 g/mol. The highest BCUT2D eigenvalue weighted by Crippen LogP contribution is 2.22. The monoisotopic (exact) mass is 666 g/mol. The molecule has 1 heterocycles. The first kappa shape index (κ1) is 36.4. The summed E-state index contributed by atoms with van der Waals surface area (Å²) < 4.78 is 0. The zero-order valence-corrected chi connectivity index (χ0v) is 30.5. The van der Waals surface area contributed by atoms with Crippen molar-refractivity contribution in [1.29, 1.82) is 0 Å². The van der Waals surface area contributed by atoms with Crippen LogP contribution < -0.4 is 10.6 Å². The van der Waals surface area contributed by atoms with Crippen LogP contribution in [0, 0.1) is 0 Å². The Labute approximate surface area is 300 Å². The standard InChI is InChI=1S/C44H54N6/c1-5-9-13-33-17-25-37(26-18-33)45-41-42(46-38-27-19-34(20-28-38)14-10-6-2)50-44(48-40-31-23-36(24-32-40)16-12-8-4)43(49-41)47-39-29-21-35(22-30-39)15-11-7-3/h17-32H,5-16H2,1-4H3,(H,45,47,49)(H,46,48,50). The van der Waals surface area contributed by atoms with E-state index >= 15 is 0 Å². The number of anilines is 2. The van der Waals surface area contributed by atoms with Crippen molar-refractivity contribution in [3.8, 4) is 0 Å². The van der Waals surface area contributed by atoms with Gasteiger partial charge in [-0.1, -0.05) is 102 Å². The molecular formula is C44H54N6. The van der Waals surface area contributed by atoms with E-state index in [1.54, 1.807) is 0 Å². The van der Waals surface area contributed by atoms with Gasteiger partial charge in [-0.3, -0.25) is 0 Å². The van der Waals surface area contributed by atoms with E-state index < -0.39 is 0 Å². The summed E-state index contributed by atoms with van der Waals surface area (Å²) in [4.78, 5) is 20.3. The van der Waals surface area contributed by atoms with E-state index in [9.17, 15) is 0 Å². The van der Waals surface area contributed by atoms with Crippen LogP contribution >= 0.6 is 0 Å². The molecule has 0 amide bonds. The number of amidine groups is 4. The number of nitrogens with one attached hydrogen (secondary N) is 2. The van der Waals surface area contributed by atoms with Gasteiger partial charge in [-0.05, 0) is 122 Å². The van der Waals surface area contributed by atoms with Crippen molar-refractivity contribution in [3.63, 3.8) is 0 Å². The van der Waals surface area contributed by atoms with E-state index in [0.29, 0.717) is 23.3 Å². The molecule has 50 heavy (non-hydrogen) atoms. The largest absolute Gasteiger partial charge is 0.337 e. The highest BCUT2D eigenvalue weighted by Gasteiger charge is 2.23. The van der Waals surface area contributed by atoms with E-state index in [0.717, 1.165) is 48.4 Å². The first-order chi connectivity index (χ1) is 24.6. The second kappa shape index (κ2) is 19.4. The predicted octanol–water partition coefficient (Wildman–Crippen LogP) is 11.9. The fraction of sp³-hybridized carbons (Fsp3) is 0.364. The third-order valence-corrected chi connectivity index (χ3v) is 8.91. The third kappa shape index (κ3) is 11.1. The molecule has 0 saturated heterocycles. The number of nitrogens with zero attached hydrogens (tertiary/aromatic N) is 4. The van der Waals surface area contributed by atoms with E-state index in [4.69, 9.17) is 20.0 Å². The molecule has 0 fully saturated rings. The molecule has 260 valence electrons. The maximum absolute atomic E-state index is 5.12. The number of rotatable bonds is 16. The van der Waals surface area contributed by atoms with E-state index in [1.807, 2.05) is 0 Å². The number of aliphatic imine (C=N–C) groups is 4. The Morgan fingerprint density at radius 1 is 0.400 bits per heavy atom. The van der Waals surface area contributed by atoms with Gasteiger partial charge in [0.05, 0.1) is 11.4 Å². The molecule has 0 aliphatic carbocycles. The molecule has 1 aliphatic rings. The predicted molar refractivity (Wildman–Crippen MR) is 217 cm³/mol. The lowest BCUT2D eigenvalue weighted by Gasteiger charge is -2.19. The molecule has 0 radical (unpaired) electrons. The van der Waals surface area contributed by atoms with Crippen LogP contribution in [0.1, 0.15) is 101 Å².